The predicted octanol–water partition coefficient (Wildman–Crippen LogP) is 3.71. The third-order valence-corrected chi connectivity index (χ3v) is 2.09. The van der Waals surface area contributed by atoms with Gasteiger partial charge >= 0.3 is 0 Å². The minimum Gasteiger partial charge on any atom is -0.0683 e. The standard InChI is InChI=1S/C7H14.C2H6.H2/c1-6(2)7-4-3-5-7;1-2;/h6-7H,3-5H2,1-2H3;1-2H3;1H/i;;1+1. The molecule has 1 aliphatic rings. The third-order valence-electron chi connectivity index (χ3n) is 2.09. The molecule has 0 saturated heterocycles. The second-order valence-corrected chi connectivity index (χ2v) is 2.94. The molecule has 0 aliphatic heterocycles. The van der Waals surface area contributed by atoms with Crippen LogP contribution >= 0.6 is 0 Å². The van der Waals surface area contributed by atoms with Crippen molar-refractivity contribution in [1.29, 1.82) is 0 Å². The van der Waals surface area contributed by atoms with Gasteiger partial charge in [-0.3, -0.25) is 0 Å². The van der Waals surface area contributed by atoms with Crippen LogP contribution in [0.2, 0.25) is 0 Å². The Morgan fingerprint density at radius 3 is 1.67 bits per heavy atom. The molecule has 0 N–H and O–H groups in total. The summed E-state index contributed by atoms with van der Waals surface area (Å²) in [6, 6.07) is 0. The highest BCUT2D eigenvalue weighted by Crippen LogP contribution is 2.32. The van der Waals surface area contributed by atoms with Gasteiger partial charge in [0.15, 0.2) is 0 Å². The number of hydrogen-bond acceptors (Lipinski definition) is 0. The van der Waals surface area contributed by atoms with Crippen LogP contribution in [0.25, 0.3) is 0 Å². The Bertz CT molecular complexity index is 55.7. The molecule has 0 aromatic carbocycles. The Hall–Kier alpha value is 0. The van der Waals surface area contributed by atoms with E-state index in [1.54, 1.807) is 0 Å². The van der Waals surface area contributed by atoms with Crippen molar-refractivity contribution in [3.05, 3.63) is 0 Å². The highest BCUT2D eigenvalue weighted by Gasteiger charge is 2.19. The van der Waals surface area contributed by atoms with E-state index in [9.17, 15) is 0 Å². The third kappa shape index (κ3) is 2.88. The molecule has 1 saturated carbocycles. The van der Waals surface area contributed by atoms with Crippen molar-refractivity contribution in [1.82, 2.24) is 0 Å². The van der Waals surface area contributed by atoms with Crippen LogP contribution in [0.5, 0.6) is 0 Å². The quantitative estimate of drug-likeness (QED) is 0.509. The van der Waals surface area contributed by atoms with E-state index >= 15 is 0 Å². The maximum absolute atomic E-state index is 2.32. The Balaban J connectivity index is 0. The van der Waals surface area contributed by atoms with Crippen LogP contribution in [0, 0.1) is 11.8 Å². The molecule has 1 fully saturated rings. The average Bonchev–Trinajstić information content (AvgIpc) is 1.65. The van der Waals surface area contributed by atoms with Gasteiger partial charge in [-0.25, -0.2) is 0 Å². The fraction of sp³-hybridized carbons (Fsp3) is 1.00. The fourth-order valence-electron chi connectivity index (χ4n) is 1.11. The van der Waals surface area contributed by atoms with E-state index in [4.69, 9.17) is 0 Å². The molecule has 1 rings (SSSR count). The maximum atomic E-state index is 2.32. The van der Waals surface area contributed by atoms with Gasteiger partial charge in [0, 0.05) is 1.43 Å². The molecule has 0 aromatic rings. The minimum absolute atomic E-state index is 0. The zero-order valence-corrected chi connectivity index (χ0v) is 7.28. The largest absolute Gasteiger partial charge is 0.0683 e. The average molecular weight is 131 g/mol. The van der Waals surface area contributed by atoms with E-state index in [0.29, 0.717) is 0 Å². The number of hydrogen-bond donors (Lipinski definition) is 0. The van der Waals surface area contributed by atoms with Gasteiger partial charge in [0.2, 0.25) is 0 Å². The lowest BCUT2D eigenvalue weighted by atomic mass is 9.78. The second-order valence-electron chi connectivity index (χ2n) is 2.94. The van der Waals surface area contributed by atoms with Crippen LogP contribution in [0.15, 0.2) is 0 Å². The summed E-state index contributed by atoms with van der Waals surface area (Å²) < 4.78 is 0. The lowest BCUT2D eigenvalue weighted by Crippen LogP contribution is -2.16. The van der Waals surface area contributed by atoms with Crippen molar-refractivity contribution in [2.45, 2.75) is 47.0 Å². The summed E-state index contributed by atoms with van der Waals surface area (Å²) >= 11 is 0. The summed E-state index contributed by atoms with van der Waals surface area (Å²) in [6.45, 7) is 8.65. The molecule has 0 bridgehead atoms. The van der Waals surface area contributed by atoms with Crippen LogP contribution < -0.4 is 0 Å². The zero-order chi connectivity index (χ0) is 7.28. The molecule has 0 nitrogen and oxygen atoms in total. The van der Waals surface area contributed by atoms with Gasteiger partial charge in [0.1, 0.15) is 0 Å². The van der Waals surface area contributed by atoms with E-state index in [0.717, 1.165) is 11.8 Å². The summed E-state index contributed by atoms with van der Waals surface area (Å²) in [5.41, 5.74) is 0. The first-order valence-electron chi connectivity index (χ1n) is 4.30. The summed E-state index contributed by atoms with van der Waals surface area (Å²) in [7, 11) is 0. The molecule has 9 heavy (non-hydrogen) atoms. The Morgan fingerprint density at radius 2 is 1.67 bits per heavy atom. The van der Waals surface area contributed by atoms with Crippen molar-refractivity contribution in [3.63, 3.8) is 0 Å². The highest BCUT2D eigenvalue weighted by molar-refractivity contribution is 4.71. The zero-order valence-electron chi connectivity index (χ0n) is 7.28. The SMILES string of the molecule is CC.CC(C)C1CCC1.[2HH]. The van der Waals surface area contributed by atoms with Crippen LogP contribution in [-0.2, 0) is 0 Å². The molecule has 0 aromatic heterocycles. The Kier molecular flexibility index (Phi) is 4.84. The van der Waals surface area contributed by atoms with Gasteiger partial charge in [-0.1, -0.05) is 47.0 Å². The van der Waals surface area contributed by atoms with Crippen LogP contribution in [0.1, 0.15) is 48.4 Å². The van der Waals surface area contributed by atoms with Gasteiger partial charge in [0.25, 0.3) is 0 Å². The van der Waals surface area contributed by atoms with Gasteiger partial charge in [0.05, 0.1) is 0 Å². The minimum atomic E-state index is 0. The van der Waals surface area contributed by atoms with Crippen molar-refractivity contribution < 1.29 is 1.43 Å². The lowest BCUT2D eigenvalue weighted by molar-refractivity contribution is 0.235. The molecule has 0 heteroatoms. The molecular formula is C9H22. The topological polar surface area (TPSA) is 0 Å². The monoisotopic (exact) mass is 131 g/mol. The van der Waals surface area contributed by atoms with Crippen LogP contribution in [0.4, 0.5) is 0 Å². The molecule has 1 aliphatic carbocycles. The van der Waals surface area contributed by atoms with E-state index in [1.165, 1.54) is 19.3 Å². The molecule has 0 spiro atoms. The lowest BCUT2D eigenvalue weighted by Gasteiger charge is -2.28. The van der Waals surface area contributed by atoms with Crippen molar-refractivity contribution in [3.8, 4) is 0 Å². The number of rotatable bonds is 1. The normalized spacial score (nSPS) is 18.3. The van der Waals surface area contributed by atoms with Gasteiger partial charge < -0.3 is 0 Å². The Labute approximate surface area is 61.1 Å². The summed E-state index contributed by atoms with van der Waals surface area (Å²) in [6.07, 6.45) is 4.48. The molecular weight excluding hydrogens is 108 g/mol. The van der Waals surface area contributed by atoms with Crippen molar-refractivity contribution in [2.24, 2.45) is 11.8 Å². The molecule has 0 amide bonds. The molecule has 0 heterocycles. The van der Waals surface area contributed by atoms with E-state index < -0.39 is 0 Å². The van der Waals surface area contributed by atoms with Gasteiger partial charge in [-0.2, -0.15) is 0 Å². The van der Waals surface area contributed by atoms with E-state index in [2.05, 4.69) is 13.8 Å². The van der Waals surface area contributed by atoms with E-state index in [-0.39, 0.29) is 1.43 Å². The highest BCUT2D eigenvalue weighted by atomic mass is 14.3. The first-order valence-corrected chi connectivity index (χ1v) is 4.30. The summed E-state index contributed by atoms with van der Waals surface area (Å²) in [5, 5.41) is 0. The van der Waals surface area contributed by atoms with Gasteiger partial charge in [-0.15, -0.1) is 0 Å². The summed E-state index contributed by atoms with van der Waals surface area (Å²) in [4.78, 5) is 0. The molecule has 0 atom stereocenters. The molecule has 0 radical (unpaired) electrons. The first-order chi connectivity index (χ1) is 4.30. The second kappa shape index (κ2) is 4.84. The predicted molar refractivity (Wildman–Crippen MR) is 45.6 cm³/mol. The summed E-state index contributed by atoms with van der Waals surface area (Å²) in [5.74, 6) is 2.04. The van der Waals surface area contributed by atoms with Crippen LogP contribution in [0.3, 0.4) is 0 Å². The molecule has 0 unspecified atom stereocenters. The van der Waals surface area contributed by atoms with Crippen LogP contribution in [-0.4, -0.2) is 0 Å². The smallest absolute Gasteiger partial charge is 0 e. The van der Waals surface area contributed by atoms with E-state index in [1.807, 2.05) is 13.8 Å². The van der Waals surface area contributed by atoms with Crippen molar-refractivity contribution in [2.75, 3.05) is 0 Å². The Morgan fingerprint density at radius 1 is 1.22 bits per heavy atom. The first kappa shape index (κ1) is 9.00. The molecule has 58 valence electrons. The van der Waals surface area contributed by atoms with Crippen molar-refractivity contribution >= 4 is 0 Å². The van der Waals surface area contributed by atoms with Gasteiger partial charge in [-0.05, 0) is 11.8 Å². The fourth-order valence-corrected chi connectivity index (χ4v) is 1.11. The maximum Gasteiger partial charge on any atom is 0 e.